The maximum Gasteiger partial charge on any atom is 1.00 e. The van der Waals surface area contributed by atoms with Gasteiger partial charge in [0.1, 0.15) is 0 Å². The summed E-state index contributed by atoms with van der Waals surface area (Å²) >= 11 is 0. The van der Waals surface area contributed by atoms with Gasteiger partial charge in [-0.15, -0.1) is 0 Å². The third-order valence-electron chi connectivity index (χ3n) is 1.21. The second kappa shape index (κ2) is 4.71. The van der Waals surface area contributed by atoms with E-state index < -0.39 is 0 Å². The summed E-state index contributed by atoms with van der Waals surface area (Å²) in [6.07, 6.45) is 4.22. The maximum atomic E-state index is 3.28. The van der Waals surface area contributed by atoms with Crippen molar-refractivity contribution >= 4 is 0 Å². The zero-order chi connectivity index (χ0) is 4.24. The van der Waals surface area contributed by atoms with E-state index in [9.17, 15) is 0 Å². The van der Waals surface area contributed by atoms with Gasteiger partial charge in [-0.1, -0.05) is 6.42 Å². The Kier molecular flexibility index (Phi) is 5.08. The summed E-state index contributed by atoms with van der Waals surface area (Å²) in [7, 11) is 0. The van der Waals surface area contributed by atoms with Gasteiger partial charge in [0.2, 0.25) is 0 Å². The summed E-state index contributed by atoms with van der Waals surface area (Å²) < 4.78 is 0. The van der Waals surface area contributed by atoms with Crippen LogP contribution in [0.1, 0.15) is 19.3 Å². The normalized spacial score (nSPS) is 20.6. The van der Waals surface area contributed by atoms with Crippen LogP contribution >= 0.6 is 0 Å². The second-order valence-corrected chi connectivity index (χ2v) is 1.81. The summed E-state index contributed by atoms with van der Waals surface area (Å²) in [5, 5.41) is 3.28. The van der Waals surface area contributed by atoms with Crippen LogP contribution in [-0.2, 0) is 0 Å². The van der Waals surface area contributed by atoms with Crippen LogP contribution in [0.3, 0.4) is 0 Å². The summed E-state index contributed by atoms with van der Waals surface area (Å²) in [6.45, 7) is 2.50. The van der Waals surface area contributed by atoms with E-state index in [1.807, 2.05) is 0 Å². The first-order valence-electron chi connectivity index (χ1n) is 2.71. The fourth-order valence-electron chi connectivity index (χ4n) is 0.802. The minimum absolute atomic E-state index is 0. The first-order chi connectivity index (χ1) is 3.00. The molecule has 1 nitrogen and oxygen atoms in total. The summed E-state index contributed by atoms with van der Waals surface area (Å²) in [6, 6.07) is 0. The molecule has 36 valence electrons. The Balaban J connectivity index is 0.000000360. The van der Waals surface area contributed by atoms with E-state index >= 15 is 0 Å². The van der Waals surface area contributed by atoms with E-state index in [0.717, 1.165) is 0 Å². The molecule has 0 radical (unpaired) electrons. The minimum Gasteiger partial charge on any atom is -0.317 e. The molecule has 0 atom stereocenters. The van der Waals surface area contributed by atoms with Crippen molar-refractivity contribution in [2.45, 2.75) is 19.3 Å². The van der Waals surface area contributed by atoms with Crippen LogP contribution in [0.15, 0.2) is 0 Å². The SMILES string of the molecule is C1CCNCC1.[Li+]. The molecule has 0 aromatic heterocycles. The van der Waals surface area contributed by atoms with Gasteiger partial charge in [-0.3, -0.25) is 0 Å². The fraction of sp³-hybridized carbons (Fsp3) is 1.00. The Hall–Kier alpha value is 0.557. The largest absolute Gasteiger partial charge is 1.00 e. The summed E-state index contributed by atoms with van der Waals surface area (Å²) in [4.78, 5) is 0. The average Bonchev–Trinajstić information content (AvgIpc) is 1.72. The number of hydrogen-bond acceptors (Lipinski definition) is 1. The van der Waals surface area contributed by atoms with Crippen molar-refractivity contribution < 1.29 is 18.9 Å². The first kappa shape index (κ1) is 7.56. The standard InChI is InChI=1S/C5H11N.Li/c1-2-4-6-5-3-1;/h6H,1-5H2;/q;+1. The van der Waals surface area contributed by atoms with E-state index in [1.54, 1.807) is 0 Å². The second-order valence-electron chi connectivity index (χ2n) is 1.81. The number of nitrogens with one attached hydrogen (secondary N) is 1. The third kappa shape index (κ3) is 3.17. The molecule has 0 bridgehead atoms. The molecule has 1 saturated heterocycles. The van der Waals surface area contributed by atoms with Gasteiger partial charge in [-0.05, 0) is 25.9 Å². The molecule has 0 saturated carbocycles. The molecule has 0 aromatic carbocycles. The van der Waals surface area contributed by atoms with Crippen molar-refractivity contribution in [3.63, 3.8) is 0 Å². The van der Waals surface area contributed by atoms with Gasteiger partial charge in [-0.25, -0.2) is 0 Å². The van der Waals surface area contributed by atoms with E-state index in [2.05, 4.69) is 5.32 Å². The molecule has 1 heterocycles. The van der Waals surface area contributed by atoms with Gasteiger partial charge in [0.25, 0.3) is 0 Å². The van der Waals surface area contributed by atoms with Crippen LogP contribution in [0.5, 0.6) is 0 Å². The van der Waals surface area contributed by atoms with Gasteiger partial charge in [0.05, 0.1) is 0 Å². The molecule has 0 aliphatic carbocycles. The molecular weight excluding hydrogens is 81.0 g/mol. The van der Waals surface area contributed by atoms with Crippen LogP contribution in [0.25, 0.3) is 0 Å². The number of piperidine rings is 1. The molecule has 1 N–H and O–H groups in total. The van der Waals surface area contributed by atoms with Crippen molar-refractivity contribution in [3.8, 4) is 0 Å². The Morgan fingerprint density at radius 2 is 1.43 bits per heavy atom. The zero-order valence-electron chi connectivity index (χ0n) is 5.04. The summed E-state index contributed by atoms with van der Waals surface area (Å²) in [5.74, 6) is 0. The molecule has 1 fully saturated rings. The zero-order valence-corrected chi connectivity index (χ0v) is 5.04. The topological polar surface area (TPSA) is 12.0 Å². The van der Waals surface area contributed by atoms with Gasteiger partial charge >= 0.3 is 18.9 Å². The van der Waals surface area contributed by atoms with Crippen LogP contribution in [-0.4, -0.2) is 13.1 Å². The Morgan fingerprint density at radius 3 is 1.57 bits per heavy atom. The molecule has 7 heavy (non-hydrogen) atoms. The maximum absolute atomic E-state index is 3.28. The van der Waals surface area contributed by atoms with Crippen LogP contribution in [0.2, 0.25) is 0 Å². The van der Waals surface area contributed by atoms with Crippen molar-refractivity contribution in [2.75, 3.05) is 13.1 Å². The molecule has 1 aliphatic rings. The predicted molar refractivity (Wildman–Crippen MR) is 26.7 cm³/mol. The monoisotopic (exact) mass is 92.1 g/mol. The van der Waals surface area contributed by atoms with E-state index in [0.29, 0.717) is 0 Å². The Morgan fingerprint density at radius 1 is 0.857 bits per heavy atom. The predicted octanol–water partition coefficient (Wildman–Crippen LogP) is -2.24. The van der Waals surface area contributed by atoms with Gasteiger partial charge < -0.3 is 5.32 Å². The number of hydrogen-bond donors (Lipinski definition) is 1. The van der Waals surface area contributed by atoms with E-state index in [1.165, 1.54) is 32.4 Å². The van der Waals surface area contributed by atoms with Crippen molar-refractivity contribution in [1.29, 1.82) is 0 Å². The van der Waals surface area contributed by atoms with Crippen LogP contribution in [0, 0.1) is 0 Å². The van der Waals surface area contributed by atoms with Gasteiger partial charge in [0, 0.05) is 0 Å². The quantitative estimate of drug-likeness (QED) is 0.333. The molecule has 0 amide bonds. The molecule has 1 aliphatic heterocycles. The fourth-order valence-corrected chi connectivity index (χ4v) is 0.802. The Labute approximate surface area is 57.0 Å². The molecule has 0 spiro atoms. The third-order valence-corrected chi connectivity index (χ3v) is 1.21. The Bertz CT molecular complexity index is 23.6. The smallest absolute Gasteiger partial charge is 0.317 e. The van der Waals surface area contributed by atoms with E-state index in [-0.39, 0.29) is 18.9 Å². The molecule has 0 unspecified atom stereocenters. The summed E-state index contributed by atoms with van der Waals surface area (Å²) in [5.41, 5.74) is 0. The first-order valence-corrected chi connectivity index (χ1v) is 2.71. The van der Waals surface area contributed by atoms with Gasteiger partial charge in [-0.2, -0.15) is 0 Å². The molecular formula is C5H11LiN+. The van der Waals surface area contributed by atoms with Crippen molar-refractivity contribution in [3.05, 3.63) is 0 Å². The minimum atomic E-state index is 0. The van der Waals surface area contributed by atoms with Crippen molar-refractivity contribution in [2.24, 2.45) is 0 Å². The van der Waals surface area contributed by atoms with Crippen LogP contribution in [0.4, 0.5) is 0 Å². The molecule has 1 rings (SSSR count). The molecule has 2 heteroatoms. The average molecular weight is 92.1 g/mol. The van der Waals surface area contributed by atoms with E-state index in [4.69, 9.17) is 0 Å². The molecule has 0 aromatic rings. The van der Waals surface area contributed by atoms with Gasteiger partial charge in [0.15, 0.2) is 0 Å². The van der Waals surface area contributed by atoms with Crippen LogP contribution < -0.4 is 24.2 Å². The number of rotatable bonds is 0. The van der Waals surface area contributed by atoms with Crippen molar-refractivity contribution in [1.82, 2.24) is 5.32 Å².